The number of thioether (sulfide) groups is 1. The minimum Gasteiger partial charge on any atom is -0.480 e. The van der Waals surface area contributed by atoms with Crippen molar-refractivity contribution in [1.82, 2.24) is 5.32 Å². The summed E-state index contributed by atoms with van der Waals surface area (Å²) in [6.45, 7) is 3.24. The first-order valence-corrected chi connectivity index (χ1v) is 13.3. The molecule has 2 N–H and O–H groups in total. The summed E-state index contributed by atoms with van der Waals surface area (Å²) in [5, 5.41) is 12.0. The van der Waals surface area contributed by atoms with E-state index in [0.717, 1.165) is 34.0 Å². The number of alkyl carbamates (subject to hydrolysis) is 1. The van der Waals surface area contributed by atoms with Gasteiger partial charge in [-0.25, -0.2) is 9.59 Å². The Bertz CT molecular complexity index is 1080. The van der Waals surface area contributed by atoms with Crippen molar-refractivity contribution in [2.24, 2.45) is 0 Å². The van der Waals surface area contributed by atoms with E-state index in [1.807, 2.05) is 48.5 Å². The molecule has 2 aromatic rings. The molecule has 2 aromatic carbocycles. The molecule has 0 unspecified atom stereocenters. The molecule has 1 aliphatic rings. The van der Waals surface area contributed by atoms with Crippen LogP contribution in [0.2, 0.25) is 0 Å². The lowest BCUT2D eigenvalue weighted by atomic mass is 9.98. The first-order chi connectivity index (χ1) is 17.8. The molecule has 0 heterocycles. The zero-order chi connectivity index (χ0) is 26.8. The highest BCUT2D eigenvalue weighted by Crippen LogP contribution is 2.44. The molecular weight excluding hydrogens is 498 g/mol. The molecular formula is C27H31NO8S. The van der Waals surface area contributed by atoms with Crippen molar-refractivity contribution in [3.05, 3.63) is 59.7 Å². The molecule has 0 saturated heterocycles. The van der Waals surface area contributed by atoms with Gasteiger partial charge in [-0.3, -0.25) is 9.59 Å². The number of esters is 2. The Morgan fingerprint density at radius 2 is 1.49 bits per heavy atom. The van der Waals surface area contributed by atoms with Gasteiger partial charge in [-0.1, -0.05) is 62.4 Å². The van der Waals surface area contributed by atoms with Gasteiger partial charge in [0.2, 0.25) is 0 Å². The lowest BCUT2D eigenvalue weighted by Crippen LogP contribution is -2.43. The zero-order valence-electron chi connectivity index (χ0n) is 20.8. The number of carbonyl (C=O) groups excluding carboxylic acids is 3. The Kier molecular flexibility index (Phi) is 10.4. The summed E-state index contributed by atoms with van der Waals surface area (Å²) in [5.74, 6) is -2.05. The van der Waals surface area contributed by atoms with Gasteiger partial charge in [-0.05, 0) is 22.3 Å². The lowest BCUT2D eigenvalue weighted by molar-refractivity contribution is -0.157. The van der Waals surface area contributed by atoms with E-state index < -0.39 is 36.1 Å². The number of carboxylic acids is 1. The van der Waals surface area contributed by atoms with Crippen molar-refractivity contribution < 1.29 is 38.5 Å². The normalized spacial score (nSPS) is 13.6. The molecule has 0 spiro atoms. The Morgan fingerprint density at radius 3 is 2.05 bits per heavy atom. The van der Waals surface area contributed by atoms with Crippen LogP contribution in [0, 0.1) is 0 Å². The number of benzene rings is 2. The summed E-state index contributed by atoms with van der Waals surface area (Å²) in [6, 6.07) is 14.6. The summed E-state index contributed by atoms with van der Waals surface area (Å²) < 4.78 is 15.8. The summed E-state index contributed by atoms with van der Waals surface area (Å²) in [4.78, 5) is 47.4. The van der Waals surface area contributed by atoms with E-state index in [2.05, 4.69) is 5.32 Å². The van der Waals surface area contributed by atoms with Crippen LogP contribution in [0.4, 0.5) is 4.79 Å². The predicted molar refractivity (Wildman–Crippen MR) is 138 cm³/mol. The van der Waals surface area contributed by atoms with Crippen LogP contribution in [-0.4, -0.2) is 66.0 Å². The third-order valence-electron chi connectivity index (χ3n) is 5.83. The second-order valence-corrected chi connectivity index (χ2v) is 9.48. The van der Waals surface area contributed by atoms with Gasteiger partial charge in [0.25, 0.3) is 0 Å². The summed E-state index contributed by atoms with van der Waals surface area (Å²) >= 11 is 1.16. The van der Waals surface area contributed by atoms with Crippen LogP contribution in [0.5, 0.6) is 0 Å². The van der Waals surface area contributed by atoms with Crippen molar-refractivity contribution in [2.75, 3.05) is 24.7 Å². The first-order valence-electron chi connectivity index (χ1n) is 12.1. The van der Waals surface area contributed by atoms with E-state index >= 15 is 0 Å². The fourth-order valence-electron chi connectivity index (χ4n) is 3.95. The van der Waals surface area contributed by atoms with Crippen LogP contribution in [0.3, 0.4) is 0 Å². The Morgan fingerprint density at radius 1 is 0.892 bits per heavy atom. The molecule has 0 saturated carbocycles. The highest BCUT2D eigenvalue weighted by atomic mass is 32.2. The molecule has 1 amide bonds. The number of hydrogen-bond acceptors (Lipinski definition) is 8. The van der Waals surface area contributed by atoms with Gasteiger partial charge in [0.1, 0.15) is 25.4 Å². The van der Waals surface area contributed by atoms with E-state index in [9.17, 15) is 24.3 Å². The molecule has 198 valence electrons. The highest BCUT2D eigenvalue weighted by Gasteiger charge is 2.30. The van der Waals surface area contributed by atoms with Crippen LogP contribution in [0.1, 0.15) is 43.7 Å². The van der Waals surface area contributed by atoms with Gasteiger partial charge in [0.15, 0.2) is 0 Å². The lowest BCUT2D eigenvalue weighted by Gasteiger charge is -2.19. The molecule has 0 bridgehead atoms. The van der Waals surface area contributed by atoms with Gasteiger partial charge in [0, 0.05) is 30.3 Å². The van der Waals surface area contributed by atoms with Crippen LogP contribution < -0.4 is 5.32 Å². The largest absolute Gasteiger partial charge is 0.480 e. The summed E-state index contributed by atoms with van der Waals surface area (Å²) in [7, 11) is 0. The Hall–Kier alpha value is -3.53. The van der Waals surface area contributed by atoms with Crippen molar-refractivity contribution in [3.8, 4) is 11.1 Å². The summed E-state index contributed by atoms with van der Waals surface area (Å²) in [5.41, 5.74) is 4.29. The van der Waals surface area contributed by atoms with Gasteiger partial charge in [-0.2, -0.15) is 11.8 Å². The van der Waals surface area contributed by atoms with Crippen molar-refractivity contribution in [2.45, 2.75) is 44.8 Å². The average molecular weight is 530 g/mol. The SMILES string of the molecule is CCC(=O)OC[C@@H](CSC[C@H](NC(=O)OCC1c2ccccc2-c2ccccc21)C(=O)O)OC(=O)CC. The molecule has 0 aliphatic heterocycles. The average Bonchev–Trinajstić information content (AvgIpc) is 3.22. The van der Waals surface area contributed by atoms with E-state index in [-0.39, 0.29) is 43.5 Å². The number of hydrogen-bond donors (Lipinski definition) is 2. The Balaban J connectivity index is 1.53. The number of aliphatic carboxylic acids is 1. The van der Waals surface area contributed by atoms with Gasteiger partial charge in [0.05, 0.1) is 0 Å². The van der Waals surface area contributed by atoms with Crippen molar-refractivity contribution in [3.63, 3.8) is 0 Å². The summed E-state index contributed by atoms with van der Waals surface area (Å²) in [6.07, 6.45) is -1.21. The minimum absolute atomic E-state index is 0.00142. The maximum absolute atomic E-state index is 12.5. The fourth-order valence-corrected chi connectivity index (χ4v) is 4.97. The molecule has 3 rings (SSSR count). The van der Waals surface area contributed by atoms with Crippen molar-refractivity contribution >= 4 is 35.8 Å². The Labute approximate surface area is 219 Å². The van der Waals surface area contributed by atoms with E-state index in [1.165, 1.54) is 0 Å². The molecule has 2 atom stereocenters. The fraction of sp³-hybridized carbons (Fsp3) is 0.407. The van der Waals surface area contributed by atoms with E-state index in [1.54, 1.807) is 13.8 Å². The number of amides is 1. The van der Waals surface area contributed by atoms with E-state index in [4.69, 9.17) is 14.2 Å². The van der Waals surface area contributed by atoms with E-state index in [0.29, 0.717) is 0 Å². The standard InChI is InChI=1S/C27H31NO8S/c1-3-24(29)34-13-17(36-25(30)4-2)15-37-16-23(26(31)32)28-27(33)35-14-22-20-11-7-5-9-18(20)19-10-6-8-12-21(19)22/h5-12,17,22-23H,3-4,13-16H2,1-2H3,(H,28,33)(H,31,32)/t17-,23-/m0/s1. The van der Waals surface area contributed by atoms with Gasteiger partial charge < -0.3 is 24.6 Å². The van der Waals surface area contributed by atoms with Crippen LogP contribution in [-0.2, 0) is 28.6 Å². The quantitative estimate of drug-likeness (QED) is 0.292. The van der Waals surface area contributed by atoms with Gasteiger partial charge >= 0.3 is 24.0 Å². The minimum atomic E-state index is -1.22. The monoisotopic (exact) mass is 529 g/mol. The molecule has 0 radical (unpaired) electrons. The third kappa shape index (κ3) is 7.72. The van der Waals surface area contributed by atoms with Crippen LogP contribution >= 0.6 is 11.8 Å². The third-order valence-corrected chi connectivity index (χ3v) is 7.00. The number of carbonyl (C=O) groups is 4. The van der Waals surface area contributed by atoms with Crippen molar-refractivity contribution in [1.29, 1.82) is 0 Å². The highest BCUT2D eigenvalue weighted by molar-refractivity contribution is 7.99. The maximum Gasteiger partial charge on any atom is 0.407 e. The molecule has 1 aliphatic carbocycles. The second-order valence-electron chi connectivity index (χ2n) is 8.40. The maximum atomic E-state index is 12.5. The number of nitrogens with one attached hydrogen (secondary N) is 1. The molecule has 9 nitrogen and oxygen atoms in total. The number of rotatable bonds is 13. The zero-order valence-corrected chi connectivity index (χ0v) is 21.6. The molecule has 10 heteroatoms. The first kappa shape index (κ1) is 28.0. The number of ether oxygens (including phenoxy) is 3. The predicted octanol–water partition coefficient (Wildman–Crippen LogP) is 3.99. The van der Waals surface area contributed by atoms with Gasteiger partial charge in [-0.15, -0.1) is 0 Å². The smallest absolute Gasteiger partial charge is 0.407 e. The van der Waals surface area contributed by atoms with Crippen LogP contribution in [0.25, 0.3) is 11.1 Å². The molecule has 37 heavy (non-hydrogen) atoms. The number of fused-ring (bicyclic) bond motifs is 3. The number of carboxylic acid groups (broad SMARTS) is 1. The molecule has 0 aromatic heterocycles. The molecule has 0 fully saturated rings. The van der Waals surface area contributed by atoms with Crippen LogP contribution in [0.15, 0.2) is 48.5 Å². The topological polar surface area (TPSA) is 128 Å². The second kappa shape index (κ2) is 13.7.